The van der Waals surface area contributed by atoms with Gasteiger partial charge in [-0.05, 0) is 56.2 Å². The van der Waals surface area contributed by atoms with Gasteiger partial charge in [0.1, 0.15) is 5.56 Å². The van der Waals surface area contributed by atoms with Crippen LogP contribution in [0.5, 0.6) is 0 Å². The number of aromatic carboxylic acids is 1. The first kappa shape index (κ1) is 17.0. The van der Waals surface area contributed by atoms with Crippen molar-refractivity contribution in [2.45, 2.75) is 51.1 Å². The first-order valence-electron chi connectivity index (χ1n) is 8.93. The van der Waals surface area contributed by atoms with E-state index in [4.69, 9.17) is 5.73 Å². The summed E-state index contributed by atoms with van der Waals surface area (Å²) in [6, 6.07) is 1.57. The number of nitrogens with zero attached hydrogens (tertiary/aromatic N) is 2. The molecule has 0 bridgehead atoms. The predicted molar refractivity (Wildman–Crippen MR) is 96.7 cm³/mol. The van der Waals surface area contributed by atoms with E-state index in [-0.39, 0.29) is 23.6 Å². The van der Waals surface area contributed by atoms with Gasteiger partial charge in [0.05, 0.1) is 17.4 Å². The lowest BCUT2D eigenvalue weighted by molar-refractivity contribution is 0.0694. The van der Waals surface area contributed by atoms with Crippen LogP contribution in [0.25, 0.3) is 5.52 Å². The number of rotatable bonds is 3. The van der Waals surface area contributed by atoms with Crippen LogP contribution in [0.15, 0.2) is 17.1 Å². The lowest BCUT2D eigenvalue weighted by Gasteiger charge is -2.27. The Morgan fingerprint density at radius 1 is 1.38 bits per heavy atom. The van der Waals surface area contributed by atoms with Crippen molar-refractivity contribution in [3.8, 4) is 0 Å². The minimum atomic E-state index is -1.28. The summed E-state index contributed by atoms with van der Waals surface area (Å²) < 4.78 is 16.2. The third-order valence-electron chi connectivity index (χ3n) is 5.58. The van der Waals surface area contributed by atoms with Crippen LogP contribution in [-0.4, -0.2) is 34.1 Å². The van der Waals surface area contributed by atoms with Gasteiger partial charge in [-0.1, -0.05) is 0 Å². The third-order valence-corrected chi connectivity index (χ3v) is 5.58. The highest BCUT2D eigenvalue weighted by atomic mass is 19.1. The van der Waals surface area contributed by atoms with Crippen LogP contribution in [0.1, 0.15) is 53.6 Å². The fraction of sp³-hybridized carbons (Fsp3) is 0.474. The molecule has 0 aromatic carbocycles. The number of pyridine rings is 2. The van der Waals surface area contributed by atoms with Crippen LogP contribution in [0.2, 0.25) is 0 Å². The summed E-state index contributed by atoms with van der Waals surface area (Å²) in [5.74, 6) is -1.59. The van der Waals surface area contributed by atoms with Gasteiger partial charge in [-0.15, -0.1) is 0 Å². The number of fused-ring (bicyclic) bond motifs is 1. The number of carboxylic acids is 1. The van der Waals surface area contributed by atoms with E-state index in [0.717, 1.165) is 31.0 Å². The molecule has 0 amide bonds. The fourth-order valence-corrected chi connectivity index (χ4v) is 4.24. The van der Waals surface area contributed by atoms with Crippen LogP contribution in [-0.2, 0) is 0 Å². The van der Waals surface area contributed by atoms with Gasteiger partial charge in [-0.2, -0.15) is 0 Å². The molecule has 2 aromatic rings. The van der Waals surface area contributed by atoms with E-state index in [1.54, 1.807) is 6.92 Å². The lowest BCUT2D eigenvalue weighted by Crippen LogP contribution is -2.32. The molecule has 138 valence electrons. The molecular weight excluding hydrogens is 337 g/mol. The van der Waals surface area contributed by atoms with Gasteiger partial charge >= 0.3 is 5.97 Å². The van der Waals surface area contributed by atoms with Crippen molar-refractivity contribution in [3.63, 3.8) is 0 Å². The molecule has 4 rings (SSSR count). The normalized spacial score (nSPS) is 23.0. The zero-order valence-electron chi connectivity index (χ0n) is 14.8. The quantitative estimate of drug-likeness (QED) is 0.878. The minimum absolute atomic E-state index is 0.0143. The second-order valence-corrected chi connectivity index (χ2v) is 7.56. The summed E-state index contributed by atoms with van der Waals surface area (Å²) in [6.45, 7) is 4.37. The molecule has 1 saturated heterocycles. The van der Waals surface area contributed by atoms with Crippen LogP contribution >= 0.6 is 0 Å². The van der Waals surface area contributed by atoms with Crippen LogP contribution in [0.3, 0.4) is 0 Å². The summed E-state index contributed by atoms with van der Waals surface area (Å²) in [4.78, 5) is 26.0. The summed E-state index contributed by atoms with van der Waals surface area (Å²) in [7, 11) is 0. The van der Waals surface area contributed by atoms with Crippen molar-refractivity contribution in [1.82, 2.24) is 4.40 Å². The van der Waals surface area contributed by atoms with Crippen LogP contribution in [0.4, 0.5) is 10.1 Å². The highest BCUT2D eigenvalue weighted by Gasteiger charge is 2.33. The van der Waals surface area contributed by atoms with Gasteiger partial charge in [0, 0.05) is 18.6 Å². The van der Waals surface area contributed by atoms with Gasteiger partial charge in [0.25, 0.3) is 5.56 Å². The van der Waals surface area contributed by atoms with Crippen molar-refractivity contribution in [3.05, 3.63) is 45.1 Å². The molecule has 1 aliphatic heterocycles. The fourth-order valence-electron chi connectivity index (χ4n) is 4.24. The van der Waals surface area contributed by atoms with Crippen molar-refractivity contribution in [2.75, 3.05) is 11.4 Å². The Balaban J connectivity index is 2.03. The molecule has 1 aliphatic carbocycles. The third kappa shape index (κ3) is 2.49. The molecule has 3 N–H and O–H groups in total. The molecule has 6 nitrogen and oxygen atoms in total. The number of anilines is 1. The van der Waals surface area contributed by atoms with E-state index in [9.17, 15) is 14.7 Å². The smallest absolute Gasteiger partial charge is 0.341 e. The Labute approximate surface area is 150 Å². The van der Waals surface area contributed by atoms with Crippen molar-refractivity contribution in [1.29, 1.82) is 0 Å². The summed E-state index contributed by atoms with van der Waals surface area (Å²) >= 11 is 0. The molecule has 1 saturated carbocycles. The molecule has 0 radical (unpaired) electrons. The maximum Gasteiger partial charge on any atom is 0.341 e. The van der Waals surface area contributed by atoms with E-state index in [1.165, 1.54) is 10.5 Å². The molecule has 3 heterocycles. The van der Waals surface area contributed by atoms with E-state index in [2.05, 4.69) is 0 Å². The Hall–Kier alpha value is -2.41. The highest BCUT2D eigenvalue weighted by molar-refractivity contribution is 5.89. The average molecular weight is 359 g/mol. The molecule has 2 aromatic heterocycles. The first-order chi connectivity index (χ1) is 12.3. The maximum absolute atomic E-state index is 15.0. The number of nitrogens with two attached hydrogens (primary N) is 1. The van der Waals surface area contributed by atoms with Crippen molar-refractivity contribution in [2.24, 2.45) is 5.73 Å². The van der Waals surface area contributed by atoms with Gasteiger partial charge < -0.3 is 15.7 Å². The zero-order chi connectivity index (χ0) is 18.7. The van der Waals surface area contributed by atoms with Crippen LogP contribution in [0, 0.1) is 12.7 Å². The number of carboxylic acid groups (broad SMARTS) is 1. The highest BCUT2D eigenvalue weighted by Crippen LogP contribution is 2.44. The van der Waals surface area contributed by atoms with Gasteiger partial charge in [-0.25, -0.2) is 9.18 Å². The lowest BCUT2D eigenvalue weighted by atomic mass is 10.0. The Morgan fingerprint density at radius 3 is 2.62 bits per heavy atom. The number of carbonyl (C=O) groups is 1. The van der Waals surface area contributed by atoms with Crippen LogP contribution < -0.4 is 16.2 Å². The molecule has 7 heteroatoms. The molecule has 2 fully saturated rings. The number of aryl methyl sites for hydroxylation is 1. The minimum Gasteiger partial charge on any atom is -0.477 e. The topological polar surface area (TPSA) is 88.0 Å². The SMILES string of the molecule is Cc1c(N2C[C@H](N)C[C@@H]2C)c(F)cn2c(=O)c(C(=O)O)cc(C3CC3)c12. The number of hydrogen-bond acceptors (Lipinski definition) is 4. The second-order valence-electron chi connectivity index (χ2n) is 7.56. The number of hydrogen-bond donors (Lipinski definition) is 2. The van der Waals surface area contributed by atoms with E-state index in [0.29, 0.717) is 23.3 Å². The molecule has 2 atom stereocenters. The largest absolute Gasteiger partial charge is 0.477 e. The molecule has 0 spiro atoms. The van der Waals surface area contributed by atoms with Crippen molar-refractivity contribution >= 4 is 17.2 Å². The Bertz CT molecular complexity index is 980. The van der Waals surface area contributed by atoms with E-state index >= 15 is 4.39 Å². The zero-order valence-corrected chi connectivity index (χ0v) is 14.8. The Kier molecular flexibility index (Phi) is 3.80. The van der Waals surface area contributed by atoms with E-state index < -0.39 is 17.3 Å². The first-order valence-corrected chi connectivity index (χ1v) is 8.93. The Morgan fingerprint density at radius 2 is 2.08 bits per heavy atom. The summed E-state index contributed by atoms with van der Waals surface area (Å²) in [6.07, 6.45) is 3.81. The second kappa shape index (κ2) is 5.81. The molecular formula is C19H22FN3O3. The van der Waals surface area contributed by atoms with Gasteiger partial charge in [-0.3, -0.25) is 9.20 Å². The molecule has 2 aliphatic rings. The summed E-state index contributed by atoms with van der Waals surface area (Å²) in [5.41, 5.74) is 7.62. The number of aromatic nitrogens is 1. The summed E-state index contributed by atoms with van der Waals surface area (Å²) in [5, 5.41) is 9.35. The van der Waals surface area contributed by atoms with Crippen molar-refractivity contribution < 1.29 is 14.3 Å². The van der Waals surface area contributed by atoms with E-state index in [1.807, 2.05) is 11.8 Å². The molecule has 26 heavy (non-hydrogen) atoms. The number of halogens is 1. The van der Waals surface area contributed by atoms with Gasteiger partial charge in [0.2, 0.25) is 0 Å². The monoisotopic (exact) mass is 359 g/mol. The van der Waals surface area contributed by atoms with Gasteiger partial charge in [0.15, 0.2) is 5.82 Å². The predicted octanol–water partition coefficient (Wildman–Crippen LogP) is 2.25. The average Bonchev–Trinajstić information content (AvgIpc) is 3.34. The standard InChI is InChI=1S/C19H22FN3O3/c1-9-5-12(21)7-22(9)17-10(2)16-13(11-3-4-11)6-14(19(25)26)18(24)23(16)8-15(17)20/h6,8-9,11-12H,3-5,7,21H2,1-2H3,(H,25,26)/t9-,12+/m0/s1. The molecule has 0 unspecified atom stereocenters. The maximum atomic E-state index is 15.0.